The second kappa shape index (κ2) is 6.25. The Labute approximate surface area is 155 Å². The van der Waals surface area contributed by atoms with E-state index in [1.54, 1.807) is 17.8 Å². The fourth-order valence-electron chi connectivity index (χ4n) is 3.37. The SMILES string of the molecule is Cc1cc(C(=O)OCc2cn3ccccc3c2C#N)c2c(C)nn(C)c2n1. The van der Waals surface area contributed by atoms with Crippen molar-refractivity contribution < 1.29 is 9.53 Å². The largest absolute Gasteiger partial charge is 0.457 e. The van der Waals surface area contributed by atoms with Crippen LogP contribution in [-0.2, 0) is 18.4 Å². The third-order valence-corrected chi connectivity index (χ3v) is 4.55. The van der Waals surface area contributed by atoms with E-state index in [1.807, 2.05) is 48.8 Å². The van der Waals surface area contributed by atoms with Crippen molar-refractivity contribution >= 4 is 22.5 Å². The molecule has 4 rings (SSSR count). The lowest BCUT2D eigenvalue weighted by molar-refractivity contribution is 0.0474. The van der Waals surface area contributed by atoms with E-state index in [2.05, 4.69) is 16.2 Å². The van der Waals surface area contributed by atoms with Crippen molar-refractivity contribution in [3.05, 3.63) is 64.7 Å². The van der Waals surface area contributed by atoms with Crippen LogP contribution in [0.15, 0.2) is 36.7 Å². The minimum atomic E-state index is -0.458. The maximum absolute atomic E-state index is 12.8. The number of ether oxygens (including phenoxy) is 1. The number of rotatable bonds is 3. The molecule has 0 spiro atoms. The number of nitriles is 1. The number of pyridine rings is 2. The molecule has 0 bridgehead atoms. The van der Waals surface area contributed by atoms with Crippen molar-refractivity contribution in [1.29, 1.82) is 5.26 Å². The van der Waals surface area contributed by atoms with E-state index in [1.165, 1.54) is 0 Å². The molecule has 0 amide bonds. The Bertz CT molecular complexity index is 1240. The van der Waals surface area contributed by atoms with Crippen molar-refractivity contribution in [2.24, 2.45) is 7.05 Å². The Kier molecular flexibility index (Phi) is 3.89. The summed E-state index contributed by atoms with van der Waals surface area (Å²) in [4.78, 5) is 17.2. The average molecular weight is 359 g/mol. The van der Waals surface area contributed by atoms with Crippen molar-refractivity contribution in [2.75, 3.05) is 0 Å². The smallest absolute Gasteiger partial charge is 0.339 e. The van der Waals surface area contributed by atoms with Crippen LogP contribution in [-0.4, -0.2) is 25.1 Å². The predicted octanol–water partition coefficient (Wildman–Crippen LogP) is 3.07. The van der Waals surface area contributed by atoms with Crippen LogP contribution in [0.4, 0.5) is 0 Å². The van der Waals surface area contributed by atoms with Crippen LogP contribution in [0.2, 0.25) is 0 Å². The lowest BCUT2D eigenvalue weighted by atomic mass is 10.1. The summed E-state index contributed by atoms with van der Waals surface area (Å²) < 4.78 is 9.05. The van der Waals surface area contributed by atoms with E-state index in [-0.39, 0.29) is 6.61 Å². The van der Waals surface area contributed by atoms with Gasteiger partial charge in [-0.05, 0) is 32.0 Å². The molecule has 0 aromatic carbocycles. The first-order valence-corrected chi connectivity index (χ1v) is 8.46. The number of fused-ring (bicyclic) bond motifs is 2. The second-order valence-electron chi connectivity index (χ2n) is 6.43. The molecule has 0 aliphatic carbocycles. The van der Waals surface area contributed by atoms with Gasteiger partial charge in [-0.2, -0.15) is 10.4 Å². The van der Waals surface area contributed by atoms with Crippen LogP contribution in [0.3, 0.4) is 0 Å². The van der Waals surface area contributed by atoms with Crippen LogP contribution < -0.4 is 0 Å². The normalized spacial score (nSPS) is 11.0. The molecule has 4 aromatic rings. The molecule has 27 heavy (non-hydrogen) atoms. The quantitative estimate of drug-likeness (QED) is 0.525. The van der Waals surface area contributed by atoms with E-state index >= 15 is 0 Å². The molecule has 0 radical (unpaired) electrons. The molecule has 4 aromatic heterocycles. The van der Waals surface area contributed by atoms with Gasteiger partial charge in [-0.1, -0.05) is 6.07 Å². The molecule has 0 fully saturated rings. The van der Waals surface area contributed by atoms with Crippen LogP contribution in [0.25, 0.3) is 16.6 Å². The third-order valence-electron chi connectivity index (χ3n) is 4.55. The molecule has 0 aliphatic heterocycles. The van der Waals surface area contributed by atoms with Gasteiger partial charge in [0.25, 0.3) is 0 Å². The van der Waals surface area contributed by atoms with Gasteiger partial charge < -0.3 is 9.14 Å². The molecule has 7 heteroatoms. The molecule has 0 saturated carbocycles. The Morgan fingerprint density at radius 2 is 2.15 bits per heavy atom. The zero-order chi connectivity index (χ0) is 19.1. The second-order valence-corrected chi connectivity index (χ2v) is 6.43. The summed E-state index contributed by atoms with van der Waals surface area (Å²) in [5.41, 5.74) is 4.48. The molecule has 0 aliphatic rings. The van der Waals surface area contributed by atoms with Crippen LogP contribution >= 0.6 is 0 Å². The highest BCUT2D eigenvalue weighted by molar-refractivity contribution is 6.03. The van der Waals surface area contributed by atoms with Gasteiger partial charge in [-0.3, -0.25) is 4.68 Å². The standard InChI is InChI=1S/C20H17N5O2/c1-12-8-15(18-13(2)23-24(3)19(18)22-12)20(26)27-11-14-10-25-7-5-4-6-17(25)16(14)9-21/h4-8,10H,11H2,1-3H3. The highest BCUT2D eigenvalue weighted by Gasteiger charge is 2.20. The highest BCUT2D eigenvalue weighted by atomic mass is 16.5. The first kappa shape index (κ1) is 16.8. The average Bonchev–Trinajstić information content (AvgIpc) is 3.15. The number of carbonyl (C=O) groups is 1. The third kappa shape index (κ3) is 2.72. The van der Waals surface area contributed by atoms with Gasteiger partial charge in [0.2, 0.25) is 0 Å². The Morgan fingerprint density at radius 1 is 1.33 bits per heavy atom. The predicted molar refractivity (Wildman–Crippen MR) is 99.2 cm³/mol. The van der Waals surface area contributed by atoms with E-state index in [0.29, 0.717) is 33.4 Å². The summed E-state index contributed by atoms with van der Waals surface area (Å²) in [6.45, 7) is 3.68. The summed E-state index contributed by atoms with van der Waals surface area (Å²) in [5.74, 6) is -0.458. The fraction of sp³-hybridized carbons (Fsp3) is 0.200. The number of hydrogen-bond acceptors (Lipinski definition) is 5. The Hall–Kier alpha value is -3.66. The van der Waals surface area contributed by atoms with E-state index in [9.17, 15) is 10.1 Å². The van der Waals surface area contributed by atoms with Crippen LogP contribution in [0, 0.1) is 25.2 Å². The van der Waals surface area contributed by atoms with E-state index in [0.717, 1.165) is 11.2 Å². The summed E-state index contributed by atoms with van der Waals surface area (Å²) in [7, 11) is 1.79. The number of carbonyl (C=O) groups excluding carboxylic acids is 1. The van der Waals surface area contributed by atoms with E-state index in [4.69, 9.17) is 4.74 Å². The van der Waals surface area contributed by atoms with Gasteiger partial charge in [0, 0.05) is 30.7 Å². The Balaban J connectivity index is 1.68. The van der Waals surface area contributed by atoms with E-state index < -0.39 is 5.97 Å². The number of aromatic nitrogens is 4. The Morgan fingerprint density at radius 3 is 2.93 bits per heavy atom. The summed E-state index contributed by atoms with van der Waals surface area (Å²) in [5, 5.41) is 14.5. The fourth-order valence-corrected chi connectivity index (χ4v) is 3.37. The number of hydrogen-bond donors (Lipinski definition) is 0. The van der Waals surface area contributed by atoms with Gasteiger partial charge >= 0.3 is 5.97 Å². The topological polar surface area (TPSA) is 85.2 Å². The highest BCUT2D eigenvalue weighted by Crippen LogP contribution is 2.24. The van der Waals surface area contributed by atoms with Crippen LogP contribution in [0.1, 0.15) is 32.9 Å². The maximum atomic E-state index is 12.8. The minimum absolute atomic E-state index is 0.0194. The summed E-state index contributed by atoms with van der Waals surface area (Å²) >= 11 is 0. The van der Waals surface area contributed by atoms with Crippen molar-refractivity contribution in [1.82, 2.24) is 19.2 Å². The zero-order valence-electron chi connectivity index (χ0n) is 15.2. The number of nitrogens with zero attached hydrogens (tertiary/aromatic N) is 5. The first-order valence-electron chi connectivity index (χ1n) is 8.46. The summed E-state index contributed by atoms with van der Waals surface area (Å²) in [6.07, 6.45) is 3.67. The van der Waals surface area contributed by atoms with Crippen molar-refractivity contribution in [2.45, 2.75) is 20.5 Å². The monoisotopic (exact) mass is 359 g/mol. The molecule has 0 unspecified atom stereocenters. The lowest BCUT2D eigenvalue weighted by Crippen LogP contribution is -2.08. The van der Waals surface area contributed by atoms with Crippen molar-refractivity contribution in [3.63, 3.8) is 0 Å². The molecule has 0 saturated heterocycles. The van der Waals surface area contributed by atoms with Gasteiger partial charge in [-0.15, -0.1) is 0 Å². The van der Waals surface area contributed by atoms with Gasteiger partial charge in [0.1, 0.15) is 12.7 Å². The lowest BCUT2D eigenvalue weighted by Gasteiger charge is -2.07. The number of esters is 1. The molecule has 134 valence electrons. The maximum Gasteiger partial charge on any atom is 0.339 e. The first-order chi connectivity index (χ1) is 13.0. The molecule has 0 N–H and O–H groups in total. The molecular formula is C20H17N5O2. The summed E-state index contributed by atoms with van der Waals surface area (Å²) in [6, 6.07) is 9.52. The van der Waals surface area contributed by atoms with Crippen LogP contribution in [0.5, 0.6) is 0 Å². The van der Waals surface area contributed by atoms with Crippen molar-refractivity contribution in [3.8, 4) is 6.07 Å². The molecular weight excluding hydrogens is 342 g/mol. The molecule has 4 heterocycles. The number of aryl methyl sites for hydroxylation is 3. The molecule has 0 atom stereocenters. The zero-order valence-corrected chi connectivity index (χ0v) is 15.2. The minimum Gasteiger partial charge on any atom is -0.457 e. The van der Waals surface area contributed by atoms with Gasteiger partial charge in [-0.25, -0.2) is 9.78 Å². The van der Waals surface area contributed by atoms with Gasteiger partial charge in [0.05, 0.1) is 27.7 Å². The van der Waals surface area contributed by atoms with Gasteiger partial charge in [0.15, 0.2) is 5.65 Å². The molecule has 7 nitrogen and oxygen atoms in total.